The summed E-state index contributed by atoms with van der Waals surface area (Å²) >= 11 is 0. The number of rotatable bonds is 35. The average molecular weight is 803 g/mol. The average Bonchev–Trinajstić information content (AvgIpc) is 3.16. The van der Waals surface area contributed by atoms with E-state index in [2.05, 4.69) is 110 Å². The number of carbonyl (C=O) groups is 2. The van der Waals surface area contributed by atoms with E-state index >= 15 is 0 Å². The predicted molar refractivity (Wildman–Crippen MR) is 228 cm³/mol. The number of hydrogen-bond donors (Lipinski definition) is 4. The van der Waals surface area contributed by atoms with Crippen molar-refractivity contribution in [1.82, 2.24) is 0 Å². The van der Waals surface area contributed by atoms with Crippen LogP contribution in [-0.2, 0) is 28.2 Å². The van der Waals surface area contributed by atoms with E-state index in [0.717, 1.165) is 70.6 Å². The van der Waals surface area contributed by atoms with Gasteiger partial charge in [0.25, 0.3) is 0 Å². The summed E-state index contributed by atoms with van der Waals surface area (Å²) in [5.74, 6) is -1.22. The molecule has 0 aromatic heterocycles. The number of aliphatic hydroxyl groups excluding tert-OH is 2. The van der Waals surface area contributed by atoms with Gasteiger partial charge in [-0.3, -0.25) is 14.1 Å². The maximum atomic E-state index is 12.4. The second-order valence-electron chi connectivity index (χ2n) is 13.2. The number of allylic oxidation sites excluding steroid dienone is 17. The van der Waals surface area contributed by atoms with Crippen LogP contribution in [0.4, 0.5) is 0 Å². The van der Waals surface area contributed by atoms with Gasteiger partial charge < -0.3 is 29.5 Å². The summed E-state index contributed by atoms with van der Waals surface area (Å²) in [5.41, 5.74) is 0. The molecule has 0 bridgehead atoms. The van der Waals surface area contributed by atoms with E-state index in [1.807, 2.05) is 12.2 Å². The lowest BCUT2D eigenvalue weighted by molar-refractivity contribution is -0.161. The predicted octanol–water partition coefficient (Wildman–Crippen LogP) is 10.3. The Labute approximate surface area is 337 Å². The number of phosphoric ester groups is 1. The number of unbranched alkanes of at least 4 members (excludes halogenated alkanes) is 3. The van der Waals surface area contributed by atoms with Crippen molar-refractivity contribution in [3.63, 3.8) is 0 Å². The smallest absolute Gasteiger partial charge is 0.462 e. The van der Waals surface area contributed by atoms with Crippen LogP contribution >= 0.6 is 7.82 Å². The van der Waals surface area contributed by atoms with Crippen LogP contribution in [0.25, 0.3) is 0 Å². The zero-order chi connectivity index (χ0) is 41.4. The standard InChI is InChI=1S/C45H71O10P/c1-3-5-7-9-11-13-15-17-18-19-20-21-22-23-25-27-29-31-33-37-44(48)53-39-41(40-54-56(50,51)52)55-45(49)38-34-36-43(47)42(46)35-32-30-28-26-24-16-14-12-10-8-6-4-2/h5-8,11-14,17-18,20-21,23-26,30,32,41-43,46-47H,3-4,9-10,15-16,19,22,27-29,31,33-40H2,1-2H3,(H2,50,51,52)/b7-5-,8-6-,13-11-,14-12-,18-17-,21-20-,25-23-,26-24-,32-30-/t41-,42-,43-/m1/s1. The highest BCUT2D eigenvalue weighted by Crippen LogP contribution is 2.36. The molecule has 316 valence electrons. The molecule has 0 saturated carbocycles. The van der Waals surface area contributed by atoms with Gasteiger partial charge >= 0.3 is 19.8 Å². The highest BCUT2D eigenvalue weighted by molar-refractivity contribution is 7.46. The minimum Gasteiger partial charge on any atom is -0.462 e. The Morgan fingerprint density at radius 2 is 0.982 bits per heavy atom. The van der Waals surface area contributed by atoms with Crippen LogP contribution in [0.5, 0.6) is 0 Å². The maximum Gasteiger partial charge on any atom is 0.469 e. The molecule has 0 amide bonds. The van der Waals surface area contributed by atoms with E-state index < -0.39 is 51.3 Å². The molecule has 56 heavy (non-hydrogen) atoms. The number of carbonyl (C=O) groups excluding carboxylic acids is 2. The fourth-order valence-corrected chi connectivity index (χ4v) is 5.26. The monoisotopic (exact) mass is 802 g/mol. The van der Waals surface area contributed by atoms with Crippen molar-refractivity contribution in [2.24, 2.45) is 0 Å². The van der Waals surface area contributed by atoms with E-state index in [9.17, 15) is 24.4 Å². The Morgan fingerprint density at radius 1 is 0.536 bits per heavy atom. The summed E-state index contributed by atoms with van der Waals surface area (Å²) in [6.07, 6.45) is 46.9. The summed E-state index contributed by atoms with van der Waals surface area (Å²) in [4.78, 5) is 42.9. The highest BCUT2D eigenvalue weighted by atomic mass is 31.2. The summed E-state index contributed by atoms with van der Waals surface area (Å²) in [6, 6.07) is 0. The Morgan fingerprint density at radius 3 is 1.46 bits per heavy atom. The molecule has 0 aliphatic carbocycles. The SMILES string of the molecule is CC/C=C\C/C=C\C/C=C\C/C=C\C/C=C\CCCCCC(=O)OC[C@H](COP(=O)(O)O)OC(=O)CCC[C@@H](O)[C@H](O)C/C=C\C/C=C\C/C=C\C/C=C\CC. The first-order valence-corrected chi connectivity index (χ1v) is 21.9. The molecule has 0 aliphatic heterocycles. The van der Waals surface area contributed by atoms with Crippen molar-refractivity contribution >= 4 is 19.8 Å². The van der Waals surface area contributed by atoms with Gasteiger partial charge in [-0.05, 0) is 96.3 Å². The molecular formula is C45H71O10P. The fourth-order valence-electron chi connectivity index (χ4n) is 4.90. The van der Waals surface area contributed by atoms with Crippen molar-refractivity contribution in [3.8, 4) is 0 Å². The fraction of sp³-hybridized carbons (Fsp3) is 0.556. The molecule has 11 heteroatoms. The third-order valence-electron chi connectivity index (χ3n) is 7.99. The van der Waals surface area contributed by atoms with Gasteiger partial charge in [0, 0.05) is 12.8 Å². The van der Waals surface area contributed by atoms with Crippen molar-refractivity contribution in [2.45, 2.75) is 148 Å². The molecule has 0 unspecified atom stereocenters. The Bertz CT molecular complexity index is 1300. The van der Waals surface area contributed by atoms with E-state index in [1.54, 1.807) is 6.08 Å². The Hall–Kier alpha value is -3.37. The second-order valence-corrected chi connectivity index (χ2v) is 14.4. The number of ether oxygens (including phenoxy) is 2. The van der Waals surface area contributed by atoms with Crippen LogP contribution in [0.15, 0.2) is 109 Å². The lowest BCUT2D eigenvalue weighted by atomic mass is 10.0. The zero-order valence-electron chi connectivity index (χ0n) is 34.0. The normalized spacial score (nSPS) is 14.8. The molecule has 0 aromatic rings. The molecule has 0 aliphatic rings. The van der Waals surface area contributed by atoms with Gasteiger partial charge in [-0.15, -0.1) is 0 Å². The highest BCUT2D eigenvalue weighted by Gasteiger charge is 2.23. The Balaban J connectivity index is 4.27. The third-order valence-corrected chi connectivity index (χ3v) is 8.47. The van der Waals surface area contributed by atoms with Crippen LogP contribution in [0, 0.1) is 0 Å². The lowest BCUT2D eigenvalue weighted by Crippen LogP contribution is -2.30. The van der Waals surface area contributed by atoms with Crippen molar-refractivity contribution < 1.29 is 48.2 Å². The van der Waals surface area contributed by atoms with Crippen molar-refractivity contribution in [2.75, 3.05) is 13.2 Å². The molecule has 0 radical (unpaired) electrons. The second kappa shape index (κ2) is 38.5. The van der Waals surface area contributed by atoms with Gasteiger partial charge in [0.05, 0.1) is 18.8 Å². The maximum absolute atomic E-state index is 12.4. The number of hydrogen-bond acceptors (Lipinski definition) is 8. The molecule has 0 saturated heterocycles. The zero-order valence-corrected chi connectivity index (χ0v) is 34.8. The van der Waals surface area contributed by atoms with Crippen LogP contribution in [-0.4, -0.2) is 63.5 Å². The van der Waals surface area contributed by atoms with Gasteiger partial charge in [-0.2, -0.15) is 0 Å². The summed E-state index contributed by atoms with van der Waals surface area (Å²) in [7, 11) is -4.85. The summed E-state index contributed by atoms with van der Waals surface area (Å²) in [5, 5.41) is 20.6. The minimum atomic E-state index is -4.85. The minimum absolute atomic E-state index is 0.119. The molecular weight excluding hydrogens is 731 g/mol. The first kappa shape index (κ1) is 52.6. The van der Waals surface area contributed by atoms with Crippen LogP contribution in [0.3, 0.4) is 0 Å². The molecule has 0 rings (SSSR count). The summed E-state index contributed by atoms with van der Waals surface area (Å²) in [6.45, 7) is 3.16. The number of aliphatic hydroxyl groups is 2. The molecule has 4 N–H and O–H groups in total. The number of esters is 2. The molecule has 0 heterocycles. The van der Waals surface area contributed by atoms with Crippen LogP contribution in [0.2, 0.25) is 0 Å². The first-order valence-electron chi connectivity index (χ1n) is 20.3. The van der Waals surface area contributed by atoms with Gasteiger partial charge in [-0.1, -0.05) is 130 Å². The van der Waals surface area contributed by atoms with Crippen molar-refractivity contribution in [1.29, 1.82) is 0 Å². The third kappa shape index (κ3) is 38.9. The van der Waals surface area contributed by atoms with Crippen LogP contribution < -0.4 is 0 Å². The van der Waals surface area contributed by atoms with Gasteiger partial charge in [-0.25, -0.2) is 4.57 Å². The quantitative estimate of drug-likeness (QED) is 0.0210. The van der Waals surface area contributed by atoms with E-state index in [1.165, 1.54) is 0 Å². The molecule has 0 spiro atoms. The largest absolute Gasteiger partial charge is 0.469 e. The van der Waals surface area contributed by atoms with Gasteiger partial charge in [0.2, 0.25) is 0 Å². The molecule has 10 nitrogen and oxygen atoms in total. The van der Waals surface area contributed by atoms with Gasteiger partial charge in [0.15, 0.2) is 6.10 Å². The lowest BCUT2D eigenvalue weighted by Gasteiger charge is -2.19. The van der Waals surface area contributed by atoms with Gasteiger partial charge in [0.1, 0.15) is 6.61 Å². The van der Waals surface area contributed by atoms with E-state index in [0.29, 0.717) is 12.8 Å². The van der Waals surface area contributed by atoms with E-state index in [-0.39, 0.29) is 32.1 Å². The van der Waals surface area contributed by atoms with Crippen LogP contribution in [0.1, 0.15) is 129 Å². The first-order chi connectivity index (χ1) is 27.1. The number of phosphoric acid groups is 1. The topological polar surface area (TPSA) is 160 Å². The van der Waals surface area contributed by atoms with Crippen molar-refractivity contribution in [3.05, 3.63) is 109 Å². The molecule has 0 aromatic carbocycles. The summed E-state index contributed by atoms with van der Waals surface area (Å²) < 4.78 is 26.2. The van der Waals surface area contributed by atoms with E-state index in [4.69, 9.17) is 19.3 Å². The Kier molecular flexibility index (Phi) is 36.2. The molecule has 3 atom stereocenters. The molecule has 0 fully saturated rings.